The van der Waals surface area contributed by atoms with Gasteiger partial charge >= 0.3 is 6.03 Å². The molecule has 3 rings (SSSR count). The summed E-state index contributed by atoms with van der Waals surface area (Å²) in [5, 5.41) is 3.01. The maximum Gasteiger partial charge on any atom is 0.322 e. The summed E-state index contributed by atoms with van der Waals surface area (Å²) in [6.45, 7) is 2.89. The zero-order valence-corrected chi connectivity index (χ0v) is 14.1. The minimum absolute atomic E-state index is 0.0316. The van der Waals surface area contributed by atoms with Gasteiger partial charge in [-0.1, -0.05) is 42.0 Å². The molecule has 1 aliphatic heterocycles. The Morgan fingerprint density at radius 1 is 1.23 bits per heavy atom. The van der Waals surface area contributed by atoms with Crippen LogP contribution >= 0.6 is 15.9 Å². The van der Waals surface area contributed by atoms with Crippen LogP contribution in [-0.2, 0) is 0 Å². The summed E-state index contributed by atoms with van der Waals surface area (Å²) in [6.07, 6.45) is 2.06. The maximum atomic E-state index is 12.6. The third-order valence-corrected chi connectivity index (χ3v) is 4.75. The first-order valence-electron chi connectivity index (χ1n) is 7.54. The third kappa shape index (κ3) is 3.17. The molecule has 3 nitrogen and oxygen atoms in total. The van der Waals surface area contributed by atoms with Crippen molar-refractivity contribution in [2.75, 3.05) is 11.9 Å². The first-order chi connectivity index (χ1) is 10.6. The number of hydrogen-bond acceptors (Lipinski definition) is 1. The predicted octanol–water partition coefficient (Wildman–Crippen LogP) is 5.13. The Morgan fingerprint density at radius 3 is 2.82 bits per heavy atom. The molecule has 1 fully saturated rings. The standard InChI is InChI=1S/C18H19BrN2O/c1-13-6-4-7-14(12-13)17-10-5-11-21(17)18(22)20-16-9-3-2-8-15(16)19/h2-4,6-9,12,17H,5,10-11H2,1H3,(H,20,22)/t17-/m0/s1. The van der Waals surface area contributed by atoms with E-state index in [1.807, 2.05) is 29.2 Å². The zero-order chi connectivity index (χ0) is 15.5. The molecule has 114 valence electrons. The molecule has 0 unspecified atom stereocenters. The van der Waals surface area contributed by atoms with Crippen LogP contribution in [0.1, 0.15) is 30.0 Å². The number of halogens is 1. The largest absolute Gasteiger partial charge is 0.322 e. The number of carbonyl (C=O) groups is 1. The number of amides is 2. The topological polar surface area (TPSA) is 32.3 Å². The van der Waals surface area contributed by atoms with Gasteiger partial charge in [-0.15, -0.1) is 0 Å². The van der Waals surface area contributed by atoms with Crippen LogP contribution in [0.5, 0.6) is 0 Å². The lowest BCUT2D eigenvalue weighted by atomic mass is 10.0. The van der Waals surface area contributed by atoms with Crippen molar-refractivity contribution in [2.45, 2.75) is 25.8 Å². The molecule has 2 amide bonds. The Bertz CT molecular complexity index is 686. The Labute approximate surface area is 139 Å². The van der Waals surface area contributed by atoms with Gasteiger partial charge in [0.15, 0.2) is 0 Å². The average molecular weight is 359 g/mol. The van der Waals surface area contributed by atoms with Crippen molar-refractivity contribution in [1.29, 1.82) is 0 Å². The van der Waals surface area contributed by atoms with Gasteiger partial charge in [-0.25, -0.2) is 4.79 Å². The number of nitrogens with one attached hydrogen (secondary N) is 1. The van der Waals surface area contributed by atoms with Gasteiger partial charge < -0.3 is 10.2 Å². The fourth-order valence-electron chi connectivity index (χ4n) is 2.98. The molecule has 0 aliphatic carbocycles. The number of urea groups is 1. The number of para-hydroxylation sites is 1. The van der Waals surface area contributed by atoms with Crippen LogP contribution in [-0.4, -0.2) is 17.5 Å². The van der Waals surface area contributed by atoms with Gasteiger partial charge in [0, 0.05) is 11.0 Å². The van der Waals surface area contributed by atoms with E-state index in [0.29, 0.717) is 0 Å². The Hall–Kier alpha value is -1.81. The lowest BCUT2D eigenvalue weighted by Crippen LogP contribution is -2.34. The van der Waals surface area contributed by atoms with E-state index in [4.69, 9.17) is 0 Å². The lowest BCUT2D eigenvalue weighted by molar-refractivity contribution is 0.207. The van der Waals surface area contributed by atoms with Crippen molar-refractivity contribution in [3.8, 4) is 0 Å². The second-order valence-electron chi connectivity index (χ2n) is 5.68. The van der Waals surface area contributed by atoms with Crippen LogP contribution in [0.2, 0.25) is 0 Å². The number of nitrogens with zero attached hydrogens (tertiary/aromatic N) is 1. The minimum Gasteiger partial charge on any atom is -0.317 e. The molecule has 0 spiro atoms. The minimum atomic E-state index is -0.0316. The highest BCUT2D eigenvalue weighted by molar-refractivity contribution is 9.10. The molecule has 4 heteroatoms. The zero-order valence-electron chi connectivity index (χ0n) is 12.6. The van der Waals surface area contributed by atoms with Gasteiger partial charge in [-0.3, -0.25) is 0 Å². The molecule has 1 heterocycles. The van der Waals surface area contributed by atoms with Crippen LogP contribution in [0, 0.1) is 6.92 Å². The highest BCUT2D eigenvalue weighted by Gasteiger charge is 2.30. The van der Waals surface area contributed by atoms with Gasteiger partial charge in [-0.05, 0) is 53.4 Å². The van der Waals surface area contributed by atoms with Crippen molar-refractivity contribution < 1.29 is 4.79 Å². The number of aryl methyl sites for hydroxylation is 1. The second-order valence-corrected chi connectivity index (χ2v) is 6.53. The first-order valence-corrected chi connectivity index (χ1v) is 8.33. The van der Waals surface area contributed by atoms with Gasteiger partial charge in [0.05, 0.1) is 11.7 Å². The normalized spacial score (nSPS) is 17.5. The monoisotopic (exact) mass is 358 g/mol. The van der Waals surface area contributed by atoms with E-state index in [1.165, 1.54) is 11.1 Å². The molecule has 1 N–H and O–H groups in total. The third-order valence-electron chi connectivity index (χ3n) is 4.06. The van der Waals surface area contributed by atoms with Crippen LogP contribution < -0.4 is 5.32 Å². The van der Waals surface area contributed by atoms with Gasteiger partial charge in [0.1, 0.15) is 0 Å². The molecule has 0 bridgehead atoms. The highest BCUT2D eigenvalue weighted by atomic mass is 79.9. The predicted molar refractivity (Wildman–Crippen MR) is 93.0 cm³/mol. The molecule has 0 saturated carbocycles. The molecule has 2 aromatic carbocycles. The van der Waals surface area contributed by atoms with Crippen LogP contribution in [0.25, 0.3) is 0 Å². The fourth-order valence-corrected chi connectivity index (χ4v) is 3.37. The Kier molecular flexibility index (Phi) is 4.48. The molecule has 1 aliphatic rings. The van der Waals surface area contributed by atoms with E-state index < -0.39 is 0 Å². The van der Waals surface area contributed by atoms with Crippen molar-refractivity contribution in [1.82, 2.24) is 4.90 Å². The number of likely N-dealkylation sites (tertiary alicyclic amines) is 1. The quantitative estimate of drug-likeness (QED) is 0.792. The molecular weight excluding hydrogens is 340 g/mol. The average Bonchev–Trinajstić information content (AvgIpc) is 2.99. The fraction of sp³-hybridized carbons (Fsp3) is 0.278. The maximum absolute atomic E-state index is 12.6. The number of benzene rings is 2. The molecule has 0 aromatic heterocycles. The Balaban J connectivity index is 1.78. The summed E-state index contributed by atoms with van der Waals surface area (Å²) in [4.78, 5) is 14.6. The smallest absolute Gasteiger partial charge is 0.317 e. The van der Waals surface area contributed by atoms with Gasteiger partial charge in [0.2, 0.25) is 0 Å². The highest BCUT2D eigenvalue weighted by Crippen LogP contribution is 2.33. The van der Waals surface area contributed by atoms with Crippen LogP contribution in [0.4, 0.5) is 10.5 Å². The van der Waals surface area contributed by atoms with Gasteiger partial charge in [0.25, 0.3) is 0 Å². The van der Waals surface area contributed by atoms with E-state index in [2.05, 4.69) is 52.4 Å². The summed E-state index contributed by atoms with van der Waals surface area (Å²) >= 11 is 3.47. The summed E-state index contributed by atoms with van der Waals surface area (Å²) in [7, 11) is 0. The number of rotatable bonds is 2. The Morgan fingerprint density at radius 2 is 2.05 bits per heavy atom. The summed E-state index contributed by atoms with van der Waals surface area (Å²) in [5.74, 6) is 0. The van der Waals surface area contributed by atoms with E-state index in [-0.39, 0.29) is 12.1 Å². The second kappa shape index (κ2) is 6.53. The molecule has 1 atom stereocenters. The van der Waals surface area contributed by atoms with Gasteiger partial charge in [-0.2, -0.15) is 0 Å². The SMILES string of the molecule is Cc1cccc([C@@H]2CCCN2C(=O)Nc2ccccc2Br)c1. The van der Waals surface area contributed by atoms with Crippen LogP contribution in [0.3, 0.4) is 0 Å². The summed E-state index contributed by atoms with van der Waals surface area (Å²) in [6, 6.07) is 16.3. The number of anilines is 1. The van der Waals surface area contributed by atoms with Crippen molar-refractivity contribution in [2.24, 2.45) is 0 Å². The van der Waals surface area contributed by atoms with Crippen LogP contribution in [0.15, 0.2) is 53.0 Å². The van der Waals surface area contributed by atoms with Crippen molar-refractivity contribution in [3.63, 3.8) is 0 Å². The van der Waals surface area contributed by atoms with Crippen molar-refractivity contribution in [3.05, 3.63) is 64.1 Å². The van der Waals surface area contributed by atoms with E-state index in [1.54, 1.807) is 0 Å². The molecule has 1 saturated heterocycles. The number of hydrogen-bond donors (Lipinski definition) is 1. The lowest BCUT2D eigenvalue weighted by Gasteiger charge is -2.26. The molecular formula is C18H19BrN2O. The van der Waals surface area contributed by atoms with E-state index >= 15 is 0 Å². The van der Waals surface area contributed by atoms with E-state index in [0.717, 1.165) is 29.5 Å². The summed E-state index contributed by atoms with van der Waals surface area (Å²) < 4.78 is 0.898. The molecule has 0 radical (unpaired) electrons. The van der Waals surface area contributed by atoms with E-state index in [9.17, 15) is 4.79 Å². The molecule has 22 heavy (non-hydrogen) atoms. The molecule has 2 aromatic rings. The number of carbonyl (C=O) groups excluding carboxylic acids is 1. The first kappa shape index (κ1) is 15.1. The summed E-state index contributed by atoms with van der Waals surface area (Å²) in [5.41, 5.74) is 3.26. The van der Waals surface area contributed by atoms with Crippen molar-refractivity contribution >= 4 is 27.6 Å².